The molecular weight excluding hydrogens is 378 g/mol. The van der Waals surface area contributed by atoms with Crippen LogP contribution in [0.2, 0.25) is 0 Å². The summed E-state index contributed by atoms with van der Waals surface area (Å²) in [6.07, 6.45) is 3.68. The Labute approximate surface area is 180 Å². The molecule has 3 heterocycles. The second kappa shape index (κ2) is 8.67. The lowest BCUT2D eigenvalue weighted by molar-refractivity contribution is -0.127. The van der Waals surface area contributed by atoms with Gasteiger partial charge in [0.05, 0.1) is 5.69 Å². The molecule has 0 aromatic heterocycles. The van der Waals surface area contributed by atoms with Crippen LogP contribution in [0.25, 0.3) is 0 Å². The maximum Gasteiger partial charge on any atom is 0.332 e. The minimum atomic E-state index is -0.689. The van der Waals surface area contributed by atoms with Crippen molar-refractivity contribution in [3.63, 3.8) is 0 Å². The molecule has 0 bridgehead atoms. The maximum atomic E-state index is 13.7. The fourth-order valence-corrected chi connectivity index (χ4v) is 5.29. The molecule has 0 unspecified atom stereocenters. The van der Waals surface area contributed by atoms with Crippen LogP contribution in [0.15, 0.2) is 24.3 Å². The maximum absolute atomic E-state index is 13.7. The molecule has 0 saturated carbocycles. The largest absolute Gasteiger partial charge is 0.381 e. The lowest BCUT2D eigenvalue weighted by atomic mass is 9.85. The first-order chi connectivity index (χ1) is 14.5. The van der Waals surface area contributed by atoms with E-state index in [1.165, 1.54) is 4.90 Å². The van der Waals surface area contributed by atoms with Crippen LogP contribution in [0, 0.1) is 5.92 Å². The Morgan fingerprint density at radius 3 is 2.47 bits per heavy atom. The Kier molecular flexibility index (Phi) is 6.16. The van der Waals surface area contributed by atoms with E-state index in [0.717, 1.165) is 64.1 Å². The van der Waals surface area contributed by atoms with Crippen molar-refractivity contribution in [2.75, 3.05) is 44.3 Å². The summed E-state index contributed by atoms with van der Waals surface area (Å²) in [7, 11) is 0. The molecule has 0 atom stereocenters. The summed E-state index contributed by atoms with van der Waals surface area (Å²) in [6.45, 7) is 11.3. The van der Waals surface area contributed by atoms with Crippen LogP contribution < -0.4 is 4.90 Å². The first-order valence-electron chi connectivity index (χ1n) is 11.5. The molecule has 1 spiro atoms. The normalized spacial score (nSPS) is 23.2. The number of carbonyl (C=O) groups excluding carboxylic acids is 2. The highest BCUT2D eigenvalue weighted by molar-refractivity contribution is 6.23. The van der Waals surface area contributed by atoms with E-state index in [1.807, 2.05) is 30.0 Å². The quantitative estimate of drug-likeness (QED) is 0.688. The Morgan fingerprint density at radius 1 is 1.13 bits per heavy atom. The molecule has 3 fully saturated rings. The number of carbonyl (C=O) groups is 2. The summed E-state index contributed by atoms with van der Waals surface area (Å²) in [6, 6.07) is 7.72. The van der Waals surface area contributed by atoms with Gasteiger partial charge in [0.25, 0.3) is 5.91 Å². The number of urea groups is 1. The first kappa shape index (κ1) is 21.3. The van der Waals surface area contributed by atoms with Gasteiger partial charge in [0.1, 0.15) is 5.54 Å². The summed E-state index contributed by atoms with van der Waals surface area (Å²) in [5, 5.41) is 0. The number of likely N-dealkylation sites (tertiary alicyclic amines) is 1. The van der Waals surface area contributed by atoms with Gasteiger partial charge >= 0.3 is 6.03 Å². The topological polar surface area (TPSA) is 53.1 Å². The van der Waals surface area contributed by atoms with Gasteiger partial charge in [-0.05, 0) is 62.1 Å². The number of anilines is 1. The molecule has 164 valence electrons. The zero-order chi connectivity index (χ0) is 21.3. The fourth-order valence-electron chi connectivity index (χ4n) is 5.29. The Balaban J connectivity index is 1.51. The predicted octanol–water partition coefficient (Wildman–Crippen LogP) is 3.86. The second-order valence-electron chi connectivity index (χ2n) is 9.31. The fraction of sp³-hybridized carbons (Fsp3) is 0.667. The molecule has 6 heteroatoms. The van der Waals surface area contributed by atoms with Crippen LogP contribution in [-0.4, -0.2) is 66.7 Å². The van der Waals surface area contributed by atoms with Crippen molar-refractivity contribution in [3.8, 4) is 0 Å². The highest BCUT2D eigenvalue weighted by Gasteiger charge is 2.57. The number of likely N-dealkylation sites (N-methyl/N-ethyl adjacent to an activating group) is 1. The molecule has 0 radical (unpaired) electrons. The van der Waals surface area contributed by atoms with Crippen molar-refractivity contribution in [2.45, 2.75) is 57.9 Å². The molecule has 4 rings (SSSR count). The van der Waals surface area contributed by atoms with Crippen molar-refractivity contribution in [1.29, 1.82) is 0 Å². The van der Waals surface area contributed by atoms with Crippen molar-refractivity contribution < 1.29 is 14.3 Å². The van der Waals surface area contributed by atoms with Gasteiger partial charge in [0, 0.05) is 39.4 Å². The van der Waals surface area contributed by atoms with Crippen molar-refractivity contribution in [1.82, 2.24) is 9.80 Å². The van der Waals surface area contributed by atoms with E-state index in [-0.39, 0.29) is 11.9 Å². The molecular formula is C24H35N3O3. The third-order valence-electron chi connectivity index (χ3n) is 7.19. The number of benzene rings is 1. The van der Waals surface area contributed by atoms with Crippen molar-refractivity contribution in [2.24, 2.45) is 5.92 Å². The van der Waals surface area contributed by atoms with Gasteiger partial charge < -0.3 is 14.5 Å². The Morgan fingerprint density at radius 2 is 1.83 bits per heavy atom. The van der Waals surface area contributed by atoms with Crippen LogP contribution in [0.3, 0.4) is 0 Å². The van der Waals surface area contributed by atoms with E-state index in [4.69, 9.17) is 4.74 Å². The third kappa shape index (κ3) is 3.76. The molecule has 3 aliphatic heterocycles. The summed E-state index contributed by atoms with van der Waals surface area (Å²) in [5.74, 6) is 0.995. The second-order valence-corrected chi connectivity index (χ2v) is 9.31. The van der Waals surface area contributed by atoms with E-state index >= 15 is 0 Å². The number of hydrogen-bond acceptors (Lipinski definition) is 4. The minimum Gasteiger partial charge on any atom is -0.381 e. The van der Waals surface area contributed by atoms with Gasteiger partial charge in [-0.3, -0.25) is 4.79 Å². The first-order valence-corrected chi connectivity index (χ1v) is 11.5. The van der Waals surface area contributed by atoms with Gasteiger partial charge in [0.2, 0.25) is 0 Å². The van der Waals surface area contributed by atoms with Crippen LogP contribution >= 0.6 is 0 Å². The number of hydrogen-bond donors (Lipinski definition) is 0. The number of rotatable bonds is 5. The standard InChI is InChI=1S/C24H35N3O3/c1-4-26-23(29)27(21-7-5-6-20(16-21)18(2)3)22(28)24(26)10-12-25(13-11-24)17-19-8-14-30-15-9-19/h5-7,16,18-19H,4,8-15,17H2,1-3H3. The highest BCUT2D eigenvalue weighted by Crippen LogP contribution is 2.40. The van der Waals surface area contributed by atoms with Gasteiger partial charge in [0.15, 0.2) is 0 Å². The Bertz CT molecular complexity index is 780. The van der Waals surface area contributed by atoms with E-state index in [1.54, 1.807) is 0 Å². The number of nitrogens with zero attached hydrogens (tertiary/aromatic N) is 3. The van der Waals surface area contributed by atoms with Gasteiger partial charge in [-0.2, -0.15) is 0 Å². The molecule has 3 amide bonds. The number of amides is 3. The zero-order valence-corrected chi connectivity index (χ0v) is 18.6. The van der Waals surface area contributed by atoms with Gasteiger partial charge in [-0.1, -0.05) is 26.0 Å². The van der Waals surface area contributed by atoms with E-state index in [0.29, 0.717) is 24.1 Å². The van der Waals surface area contributed by atoms with E-state index in [2.05, 4.69) is 24.8 Å². The predicted molar refractivity (Wildman–Crippen MR) is 118 cm³/mol. The van der Waals surface area contributed by atoms with Crippen LogP contribution in [0.1, 0.15) is 57.9 Å². The molecule has 0 aliphatic carbocycles. The molecule has 1 aromatic carbocycles. The van der Waals surface area contributed by atoms with Crippen LogP contribution in [-0.2, 0) is 9.53 Å². The summed E-state index contributed by atoms with van der Waals surface area (Å²) >= 11 is 0. The molecule has 30 heavy (non-hydrogen) atoms. The number of ether oxygens (including phenoxy) is 1. The molecule has 0 N–H and O–H groups in total. The number of piperidine rings is 1. The lowest BCUT2D eigenvalue weighted by Gasteiger charge is -2.43. The molecule has 3 saturated heterocycles. The molecule has 3 aliphatic rings. The highest BCUT2D eigenvalue weighted by atomic mass is 16.5. The Hall–Kier alpha value is -1.92. The SMILES string of the molecule is CCN1C(=O)N(c2cccc(C(C)C)c2)C(=O)C12CCN(CC1CCOCC1)CC2. The number of imide groups is 1. The monoisotopic (exact) mass is 413 g/mol. The van der Waals surface area contributed by atoms with E-state index in [9.17, 15) is 9.59 Å². The van der Waals surface area contributed by atoms with Crippen molar-refractivity contribution >= 4 is 17.6 Å². The summed E-state index contributed by atoms with van der Waals surface area (Å²) in [5.41, 5.74) is 1.16. The van der Waals surface area contributed by atoms with E-state index < -0.39 is 5.54 Å². The average molecular weight is 414 g/mol. The summed E-state index contributed by atoms with van der Waals surface area (Å²) in [4.78, 5) is 32.7. The van der Waals surface area contributed by atoms with Crippen LogP contribution in [0.4, 0.5) is 10.5 Å². The molecule has 6 nitrogen and oxygen atoms in total. The minimum absolute atomic E-state index is 0.0408. The van der Waals surface area contributed by atoms with Crippen molar-refractivity contribution in [3.05, 3.63) is 29.8 Å². The molecule has 1 aromatic rings. The average Bonchev–Trinajstić information content (AvgIpc) is 2.96. The smallest absolute Gasteiger partial charge is 0.332 e. The van der Waals surface area contributed by atoms with Gasteiger partial charge in [-0.25, -0.2) is 9.69 Å². The van der Waals surface area contributed by atoms with Gasteiger partial charge in [-0.15, -0.1) is 0 Å². The summed E-state index contributed by atoms with van der Waals surface area (Å²) < 4.78 is 5.48. The van der Waals surface area contributed by atoms with Crippen LogP contribution in [0.5, 0.6) is 0 Å². The third-order valence-corrected chi connectivity index (χ3v) is 7.19. The lowest BCUT2D eigenvalue weighted by Crippen LogP contribution is -2.57. The zero-order valence-electron chi connectivity index (χ0n) is 18.6.